The van der Waals surface area contributed by atoms with E-state index in [1.54, 1.807) is 24.1 Å². The van der Waals surface area contributed by atoms with Crippen LogP contribution in [-0.4, -0.2) is 29.5 Å². The first-order valence-corrected chi connectivity index (χ1v) is 8.18. The van der Waals surface area contributed by atoms with Gasteiger partial charge in [-0.15, -0.1) is 0 Å². The van der Waals surface area contributed by atoms with Crippen LogP contribution in [0, 0.1) is 6.92 Å². The first kappa shape index (κ1) is 17.5. The lowest BCUT2D eigenvalue weighted by molar-refractivity contribution is -0.147. The molecule has 0 aliphatic heterocycles. The summed E-state index contributed by atoms with van der Waals surface area (Å²) in [6, 6.07) is 15.0. The SMILES string of the molecule is COc1cc(C)ccc1OCC(=O)OCc1ccc(-n2cccn2)cc1. The van der Waals surface area contributed by atoms with Crippen LogP contribution >= 0.6 is 0 Å². The Kier molecular flexibility index (Phi) is 5.53. The van der Waals surface area contributed by atoms with Gasteiger partial charge in [-0.05, 0) is 48.4 Å². The molecule has 0 fully saturated rings. The molecule has 6 heteroatoms. The number of esters is 1. The second-order valence-electron chi connectivity index (χ2n) is 5.72. The number of benzene rings is 2. The topological polar surface area (TPSA) is 62.6 Å². The van der Waals surface area contributed by atoms with E-state index in [-0.39, 0.29) is 13.2 Å². The van der Waals surface area contributed by atoms with E-state index in [2.05, 4.69) is 5.10 Å². The third kappa shape index (κ3) is 4.42. The molecule has 0 aliphatic carbocycles. The highest BCUT2D eigenvalue weighted by molar-refractivity contribution is 5.71. The summed E-state index contributed by atoms with van der Waals surface area (Å²) in [6.45, 7) is 1.97. The summed E-state index contributed by atoms with van der Waals surface area (Å²) in [5.74, 6) is 0.661. The average molecular weight is 352 g/mol. The van der Waals surface area contributed by atoms with Crippen molar-refractivity contribution in [2.24, 2.45) is 0 Å². The number of methoxy groups -OCH3 is 1. The summed E-state index contributed by atoms with van der Waals surface area (Å²) in [4.78, 5) is 11.9. The number of hydrogen-bond donors (Lipinski definition) is 0. The van der Waals surface area contributed by atoms with Gasteiger partial charge in [-0.1, -0.05) is 18.2 Å². The molecule has 0 radical (unpaired) electrons. The fourth-order valence-electron chi connectivity index (χ4n) is 2.40. The minimum atomic E-state index is -0.441. The first-order chi connectivity index (χ1) is 12.7. The van der Waals surface area contributed by atoms with Crippen molar-refractivity contribution in [2.45, 2.75) is 13.5 Å². The van der Waals surface area contributed by atoms with Crippen molar-refractivity contribution in [2.75, 3.05) is 13.7 Å². The highest BCUT2D eigenvalue weighted by Gasteiger charge is 2.09. The van der Waals surface area contributed by atoms with Gasteiger partial charge in [0, 0.05) is 12.4 Å². The molecular weight excluding hydrogens is 332 g/mol. The van der Waals surface area contributed by atoms with Crippen LogP contribution in [-0.2, 0) is 16.1 Å². The summed E-state index contributed by atoms with van der Waals surface area (Å²) in [7, 11) is 1.56. The minimum absolute atomic E-state index is 0.176. The standard InChI is InChI=1S/C20H20N2O4/c1-15-4-9-18(19(12-15)24-2)25-14-20(23)26-13-16-5-7-17(8-6-16)22-11-3-10-21-22/h3-12H,13-14H2,1-2H3. The summed E-state index contributed by atoms with van der Waals surface area (Å²) in [5, 5.41) is 4.17. The number of aryl methyl sites for hydroxylation is 1. The smallest absolute Gasteiger partial charge is 0.344 e. The van der Waals surface area contributed by atoms with Gasteiger partial charge in [0.25, 0.3) is 0 Å². The molecule has 0 unspecified atom stereocenters. The molecule has 3 rings (SSSR count). The Morgan fingerprint density at radius 3 is 2.62 bits per heavy atom. The number of carbonyl (C=O) groups excluding carboxylic acids is 1. The van der Waals surface area contributed by atoms with E-state index < -0.39 is 5.97 Å². The molecule has 0 atom stereocenters. The summed E-state index contributed by atoms with van der Waals surface area (Å²) in [5.41, 5.74) is 2.89. The van der Waals surface area contributed by atoms with Crippen molar-refractivity contribution < 1.29 is 19.0 Å². The molecule has 0 saturated heterocycles. The zero-order valence-corrected chi connectivity index (χ0v) is 14.7. The van der Waals surface area contributed by atoms with Crippen LogP contribution in [0.5, 0.6) is 11.5 Å². The van der Waals surface area contributed by atoms with E-state index >= 15 is 0 Å². The summed E-state index contributed by atoms with van der Waals surface area (Å²) >= 11 is 0. The third-order valence-corrected chi connectivity index (χ3v) is 3.77. The predicted octanol–water partition coefficient (Wildman–Crippen LogP) is 3.31. The Morgan fingerprint density at radius 2 is 1.92 bits per heavy atom. The fraction of sp³-hybridized carbons (Fsp3) is 0.200. The van der Waals surface area contributed by atoms with Gasteiger partial charge in [-0.3, -0.25) is 0 Å². The van der Waals surface area contributed by atoms with Crippen molar-refractivity contribution in [1.82, 2.24) is 9.78 Å². The molecule has 0 N–H and O–H groups in total. The maximum atomic E-state index is 11.9. The third-order valence-electron chi connectivity index (χ3n) is 3.77. The van der Waals surface area contributed by atoms with Gasteiger partial charge in [0.05, 0.1) is 12.8 Å². The van der Waals surface area contributed by atoms with Gasteiger partial charge in [0.2, 0.25) is 0 Å². The molecule has 0 spiro atoms. The molecule has 1 aromatic heterocycles. The zero-order chi connectivity index (χ0) is 18.4. The first-order valence-electron chi connectivity index (χ1n) is 8.18. The minimum Gasteiger partial charge on any atom is -0.493 e. The maximum absolute atomic E-state index is 11.9. The molecule has 1 heterocycles. The lowest BCUT2D eigenvalue weighted by atomic mass is 10.2. The van der Waals surface area contributed by atoms with E-state index in [4.69, 9.17) is 14.2 Å². The molecular formula is C20H20N2O4. The number of carbonyl (C=O) groups is 1. The Bertz CT molecular complexity index is 858. The monoisotopic (exact) mass is 352 g/mol. The Hall–Kier alpha value is -3.28. The van der Waals surface area contributed by atoms with E-state index in [0.717, 1.165) is 16.8 Å². The molecule has 0 saturated carbocycles. The van der Waals surface area contributed by atoms with Gasteiger partial charge in [-0.25, -0.2) is 9.48 Å². The van der Waals surface area contributed by atoms with Crippen LogP contribution in [0.15, 0.2) is 60.9 Å². The largest absolute Gasteiger partial charge is 0.493 e. The normalized spacial score (nSPS) is 10.4. The number of aromatic nitrogens is 2. The number of nitrogens with zero attached hydrogens (tertiary/aromatic N) is 2. The molecule has 0 bridgehead atoms. The summed E-state index contributed by atoms with van der Waals surface area (Å²) < 4.78 is 17.7. The highest BCUT2D eigenvalue weighted by Crippen LogP contribution is 2.27. The van der Waals surface area contributed by atoms with Crippen LogP contribution < -0.4 is 9.47 Å². The van der Waals surface area contributed by atoms with Gasteiger partial charge in [0.15, 0.2) is 18.1 Å². The number of hydrogen-bond acceptors (Lipinski definition) is 5. The molecule has 2 aromatic carbocycles. The number of rotatable bonds is 7. The summed E-state index contributed by atoms with van der Waals surface area (Å²) in [6.07, 6.45) is 3.59. The lowest BCUT2D eigenvalue weighted by Crippen LogP contribution is -2.15. The van der Waals surface area contributed by atoms with Crippen molar-refractivity contribution in [1.29, 1.82) is 0 Å². The molecule has 3 aromatic rings. The Labute approximate surface area is 151 Å². The van der Waals surface area contributed by atoms with E-state index in [9.17, 15) is 4.79 Å². The van der Waals surface area contributed by atoms with Gasteiger partial charge < -0.3 is 14.2 Å². The van der Waals surface area contributed by atoms with Crippen molar-refractivity contribution >= 4 is 5.97 Å². The van der Waals surface area contributed by atoms with Crippen LogP contribution in [0.3, 0.4) is 0 Å². The molecule has 134 valence electrons. The molecule has 26 heavy (non-hydrogen) atoms. The van der Waals surface area contributed by atoms with Crippen LogP contribution in [0.2, 0.25) is 0 Å². The lowest BCUT2D eigenvalue weighted by Gasteiger charge is -2.11. The fourth-order valence-corrected chi connectivity index (χ4v) is 2.40. The van der Waals surface area contributed by atoms with Gasteiger partial charge in [0.1, 0.15) is 6.61 Å². The Morgan fingerprint density at radius 1 is 1.12 bits per heavy atom. The van der Waals surface area contributed by atoms with Crippen molar-refractivity contribution in [3.8, 4) is 17.2 Å². The van der Waals surface area contributed by atoms with Crippen LogP contribution in [0.1, 0.15) is 11.1 Å². The van der Waals surface area contributed by atoms with Crippen molar-refractivity contribution in [3.63, 3.8) is 0 Å². The van der Waals surface area contributed by atoms with Crippen LogP contribution in [0.25, 0.3) is 5.69 Å². The van der Waals surface area contributed by atoms with Crippen LogP contribution in [0.4, 0.5) is 0 Å². The highest BCUT2D eigenvalue weighted by atomic mass is 16.6. The van der Waals surface area contributed by atoms with Gasteiger partial charge in [-0.2, -0.15) is 5.10 Å². The average Bonchev–Trinajstić information content (AvgIpc) is 3.20. The molecule has 6 nitrogen and oxygen atoms in total. The zero-order valence-electron chi connectivity index (χ0n) is 14.7. The second-order valence-corrected chi connectivity index (χ2v) is 5.72. The molecule has 0 aliphatic rings. The molecule has 0 amide bonds. The van der Waals surface area contributed by atoms with E-state index in [1.807, 2.05) is 55.6 Å². The van der Waals surface area contributed by atoms with E-state index in [1.165, 1.54) is 0 Å². The second kappa shape index (κ2) is 8.20. The van der Waals surface area contributed by atoms with Crippen molar-refractivity contribution in [3.05, 3.63) is 72.1 Å². The van der Waals surface area contributed by atoms with Gasteiger partial charge >= 0.3 is 5.97 Å². The quantitative estimate of drug-likeness (QED) is 0.611. The number of ether oxygens (including phenoxy) is 3. The Balaban J connectivity index is 1.50. The maximum Gasteiger partial charge on any atom is 0.344 e. The van der Waals surface area contributed by atoms with E-state index in [0.29, 0.717) is 11.5 Å². The predicted molar refractivity (Wildman–Crippen MR) is 96.6 cm³/mol.